The summed E-state index contributed by atoms with van der Waals surface area (Å²) in [5, 5.41) is 4.17. The largest absolute Gasteiger partial charge is 0.661 e. The van der Waals surface area contributed by atoms with Crippen molar-refractivity contribution in [3.05, 3.63) is 5.32 Å². The molecule has 0 aromatic heterocycles. The van der Waals surface area contributed by atoms with E-state index in [1.165, 1.54) is 0 Å². The summed E-state index contributed by atoms with van der Waals surface area (Å²) in [6, 6.07) is 0. The molecule has 0 rings (SSSR count). The van der Waals surface area contributed by atoms with E-state index >= 15 is 0 Å². The number of rotatable bonds is 4. The second-order valence-electron chi connectivity index (χ2n) is 2.07. The maximum atomic E-state index is 4.17. The number of nitrogens with zero attached hydrogens (tertiary/aromatic N) is 2. The van der Waals surface area contributed by atoms with Crippen molar-refractivity contribution in [3.8, 4) is 0 Å². The minimum atomic E-state index is 0. The maximum Gasteiger partial charge on any atom is 0 e. The van der Waals surface area contributed by atoms with E-state index in [4.69, 9.17) is 0 Å². The molecule has 0 radical (unpaired) electrons. The molecule has 0 amide bonds. The van der Waals surface area contributed by atoms with Crippen LogP contribution in [0, 0.1) is 0 Å². The molecule has 0 bridgehead atoms. The molecule has 0 heterocycles. The van der Waals surface area contributed by atoms with Gasteiger partial charge in [-0.3, -0.25) is 0 Å². The van der Waals surface area contributed by atoms with Crippen molar-refractivity contribution in [2.24, 2.45) is 0 Å². The van der Waals surface area contributed by atoms with Gasteiger partial charge in [-0.15, -0.1) is 6.54 Å². The first-order valence-corrected chi connectivity index (χ1v) is 3.05. The van der Waals surface area contributed by atoms with Crippen LogP contribution in [0.4, 0.5) is 0 Å². The average molecular weight is 299 g/mol. The van der Waals surface area contributed by atoms with Crippen LogP contribution in [0.3, 0.4) is 0 Å². The first-order chi connectivity index (χ1) is 3.77. The Hall–Kier alpha value is 0.608. The number of likely N-dealkylation sites (N-methyl/N-ethyl adjacent to an activating group) is 2. The average Bonchev–Trinajstić information content (AvgIpc) is 1.66. The molecule has 0 unspecified atom stereocenters. The molecule has 0 N–H and O–H groups in total. The Bertz CT molecular complexity index is 48.3. The summed E-state index contributed by atoms with van der Waals surface area (Å²) in [6.07, 6.45) is 0. The molecule has 0 aliphatic rings. The van der Waals surface area contributed by atoms with Crippen molar-refractivity contribution in [1.29, 1.82) is 0 Å². The predicted molar refractivity (Wildman–Crippen MR) is 37.3 cm³/mol. The van der Waals surface area contributed by atoms with Crippen molar-refractivity contribution in [2.45, 2.75) is 6.92 Å². The summed E-state index contributed by atoms with van der Waals surface area (Å²) in [4.78, 5) is 2.14. The van der Waals surface area contributed by atoms with Crippen LogP contribution in [-0.2, 0) is 21.1 Å². The summed E-state index contributed by atoms with van der Waals surface area (Å²) in [7, 11) is 4.12. The van der Waals surface area contributed by atoms with Crippen molar-refractivity contribution in [3.63, 3.8) is 0 Å². The summed E-state index contributed by atoms with van der Waals surface area (Å²) in [6.45, 7) is 5.07. The van der Waals surface area contributed by atoms with Gasteiger partial charge < -0.3 is 10.2 Å². The Morgan fingerprint density at radius 3 is 2.22 bits per heavy atom. The topological polar surface area (TPSA) is 17.3 Å². The van der Waals surface area contributed by atoms with Crippen LogP contribution in [0.25, 0.3) is 5.32 Å². The summed E-state index contributed by atoms with van der Waals surface area (Å²) in [5.41, 5.74) is 0. The third-order valence-corrected chi connectivity index (χ3v) is 0.929. The molecule has 3 heteroatoms. The van der Waals surface area contributed by atoms with E-state index in [-0.39, 0.29) is 21.1 Å². The summed E-state index contributed by atoms with van der Waals surface area (Å²) in [5.74, 6) is 0. The van der Waals surface area contributed by atoms with Gasteiger partial charge in [-0.2, -0.15) is 6.54 Å². The number of hydrogen-bond acceptors (Lipinski definition) is 1. The Morgan fingerprint density at radius 1 is 1.33 bits per heavy atom. The van der Waals surface area contributed by atoms with Gasteiger partial charge in [-0.1, -0.05) is 6.92 Å². The van der Waals surface area contributed by atoms with Crippen LogP contribution in [-0.4, -0.2) is 38.6 Å². The molecule has 0 aliphatic heterocycles. The van der Waals surface area contributed by atoms with Gasteiger partial charge in [0.1, 0.15) is 0 Å². The Labute approximate surface area is 72.3 Å². The van der Waals surface area contributed by atoms with E-state index in [0.717, 1.165) is 19.6 Å². The molecule has 0 spiro atoms. The second-order valence-corrected chi connectivity index (χ2v) is 2.07. The molecular formula is C6H15N2W-. The van der Waals surface area contributed by atoms with Crippen molar-refractivity contribution < 1.29 is 21.1 Å². The molecule has 56 valence electrons. The van der Waals surface area contributed by atoms with E-state index < -0.39 is 0 Å². The van der Waals surface area contributed by atoms with E-state index in [1.807, 2.05) is 0 Å². The zero-order chi connectivity index (χ0) is 6.41. The molecule has 0 aromatic rings. The normalized spacial score (nSPS) is 9.33. The Balaban J connectivity index is 0. The quantitative estimate of drug-likeness (QED) is 0.706. The van der Waals surface area contributed by atoms with Gasteiger partial charge in [-0.25, -0.2) is 0 Å². The van der Waals surface area contributed by atoms with Gasteiger partial charge >= 0.3 is 0 Å². The van der Waals surface area contributed by atoms with E-state index in [0.29, 0.717) is 0 Å². The third-order valence-electron chi connectivity index (χ3n) is 0.929. The smallest absolute Gasteiger partial charge is 0 e. The monoisotopic (exact) mass is 299 g/mol. The first kappa shape index (κ1) is 12.3. The van der Waals surface area contributed by atoms with Gasteiger partial charge in [0.15, 0.2) is 0 Å². The fourth-order valence-electron chi connectivity index (χ4n) is 0.429. The fraction of sp³-hybridized carbons (Fsp3) is 1.00. The van der Waals surface area contributed by atoms with Crippen LogP contribution >= 0.6 is 0 Å². The summed E-state index contributed by atoms with van der Waals surface area (Å²) < 4.78 is 0. The van der Waals surface area contributed by atoms with Gasteiger partial charge in [0, 0.05) is 21.1 Å². The molecule has 0 saturated carbocycles. The van der Waals surface area contributed by atoms with Crippen LogP contribution in [0.15, 0.2) is 0 Å². The molecule has 0 aliphatic carbocycles. The third kappa shape index (κ3) is 12.0. The van der Waals surface area contributed by atoms with E-state index in [9.17, 15) is 0 Å². The van der Waals surface area contributed by atoms with E-state index in [2.05, 4.69) is 31.2 Å². The maximum absolute atomic E-state index is 4.17. The van der Waals surface area contributed by atoms with Crippen molar-refractivity contribution in [1.82, 2.24) is 4.90 Å². The van der Waals surface area contributed by atoms with Crippen LogP contribution in [0.5, 0.6) is 0 Å². The molecule has 0 aromatic carbocycles. The molecule has 0 fully saturated rings. The molecule has 2 nitrogen and oxygen atoms in total. The fourth-order valence-corrected chi connectivity index (χ4v) is 0.429. The van der Waals surface area contributed by atoms with Gasteiger partial charge in [0.05, 0.1) is 0 Å². The van der Waals surface area contributed by atoms with Crippen molar-refractivity contribution in [2.75, 3.05) is 33.7 Å². The van der Waals surface area contributed by atoms with Gasteiger partial charge in [0.2, 0.25) is 0 Å². The Morgan fingerprint density at radius 2 is 1.89 bits per heavy atom. The predicted octanol–water partition coefficient (Wildman–Crippen LogP) is 0.939. The van der Waals surface area contributed by atoms with Crippen LogP contribution < -0.4 is 0 Å². The molecule has 0 saturated heterocycles. The van der Waals surface area contributed by atoms with E-state index in [1.54, 1.807) is 0 Å². The molecule has 0 atom stereocenters. The molecular weight excluding hydrogens is 284 g/mol. The minimum absolute atomic E-state index is 0. The van der Waals surface area contributed by atoms with Gasteiger partial charge in [-0.05, 0) is 20.6 Å². The Kier molecular flexibility index (Phi) is 11.8. The second kappa shape index (κ2) is 8.61. The first-order valence-electron chi connectivity index (χ1n) is 3.05. The standard InChI is InChI=1S/C6H15N2.W/c1-4-7-5-6-8(2)3;/h4-6H2,1-3H3;/q-1;. The zero-order valence-corrected chi connectivity index (χ0v) is 9.36. The SMILES string of the molecule is CC[N-]CCN(C)C.[W]. The zero-order valence-electron chi connectivity index (χ0n) is 6.42. The summed E-state index contributed by atoms with van der Waals surface area (Å²) >= 11 is 0. The van der Waals surface area contributed by atoms with Crippen molar-refractivity contribution >= 4 is 0 Å². The van der Waals surface area contributed by atoms with Crippen LogP contribution in [0.1, 0.15) is 6.92 Å². The number of hydrogen-bond donors (Lipinski definition) is 0. The molecule has 9 heavy (non-hydrogen) atoms. The van der Waals surface area contributed by atoms with Crippen LogP contribution in [0.2, 0.25) is 0 Å². The van der Waals surface area contributed by atoms with Gasteiger partial charge in [0.25, 0.3) is 0 Å². The minimum Gasteiger partial charge on any atom is -0.661 e.